The summed E-state index contributed by atoms with van der Waals surface area (Å²) in [6.45, 7) is 6.67. The number of aryl methyl sites for hydroxylation is 3. The number of furan rings is 2. The molecule has 0 aliphatic carbocycles. The lowest BCUT2D eigenvalue weighted by atomic mass is 9.33. The van der Waals surface area contributed by atoms with Crippen LogP contribution >= 0.6 is 0 Å². The summed E-state index contributed by atoms with van der Waals surface area (Å²) in [6, 6.07) is 57.6. The average Bonchev–Trinajstić information content (AvgIpc) is 3.78. The molecule has 0 spiro atoms. The Balaban J connectivity index is 1.09. The quantitative estimate of drug-likeness (QED) is 0.165. The van der Waals surface area contributed by atoms with Crippen molar-refractivity contribution in [2.24, 2.45) is 0 Å². The number of anilines is 6. The lowest BCUT2D eigenvalue weighted by Crippen LogP contribution is -2.59. The van der Waals surface area contributed by atoms with E-state index in [0.717, 1.165) is 72.3 Å². The molecule has 2 aromatic heterocycles. The van der Waals surface area contributed by atoms with Gasteiger partial charge in [-0.3, -0.25) is 0 Å². The fourth-order valence-corrected chi connectivity index (χ4v) is 10.5. The second-order valence-electron chi connectivity index (χ2n) is 16.3. The van der Waals surface area contributed by atoms with Crippen molar-refractivity contribution in [2.45, 2.75) is 20.8 Å². The molecule has 2 aliphatic heterocycles. The van der Waals surface area contributed by atoms with Crippen molar-refractivity contribution in [3.63, 3.8) is 0 Å². The smallest absolute Gasteiger partial charge is 0.252 e. The summed E-state index contributed by atoms with van der Waals surface area (Å²) in [5.41, 5.74) is 18.0. The van der Waals surface area contributed by atoms with Crippen LogP contribution in [0.25, 0.3) is 65.4 Å². The van der Waals surface area contributed by atoms with Gasteiger partial charge >= 0.3 is 0 Å². The molecule has 0 radical (unpaired) electrons. The normalized spacial score (nSPS) is 13.3. The zero-order valence-corrected chi connectivity index (χ0v) is 32.3. The summed E-state index contributed by atoms with van der Waals surface area (Å²) in [6.07, 6.45) is 0. The first-order valence-electron chi connectivity index (χ1n) is 20.1. The Morgan fingerprint density at radius 3 is 1.69 bits per heavy atom. The van der Waals surface area contributed by atoms with Crippen LogP contribution < -0.4 is 26.2 Å². The summed E-state index contributed by atoms with van der Waals surface area (Å²) in [5.74, 6) is 0. The highest BCUT2D eigenvalue weighted by Crippen LogP contribution is 2.55. The maximum absolute atomic E-state index is 7.09. The van der Waals surface area contributed by atoms with E-state index in [-0.39, 0.29) is 6.71 Å². The molecule has 13 rings (SSSR count). The van der Waals surface area contributed by atoms with Gasteiger partial charge in [-0.1, -0.05) is 107 Å². The van der Waals surface area contributed by atoms with Gasteiger partial charge in [0.1, 0.15) is 22.3 Å². The molecule has 0 fully saturated rings. The fraction of sp³-hybridized carbons (Fsp3) is 0.0566. The highest BCUT2D eigenvalue weighted by molar-refractivity contribution is 7.00. The first kappa shape index (κ1) is 31.9. The van der Waals surface area contributed by atoms with E-state index in [1.165, 1.54) is 60.3 Å². The molecule has 0 unspecified atom stereocenters. The van der Waals surface area contributed by atoms with Crippen LogP contribution in [0.3, 0.4) is 0 Å². The summed E-state index contributed by atoms with van der Waals surface area (Å²) in [7, 11) is 0. The second kappa shape index (κ2) is 11.4. The third kappa shape index (κ3) is 4.25. The van der Waals surface area contributed by atoms with Crippen LogP contribution in [0.2, 0.25) is 0 Å². The van der Waals surface area contributed by atoms with Crippen molar-refractivity contribution in [1.29, 1.82) is 0 Å². The van der Waals surface area contributed by atoms with E-state index in [1.807, 2.05) is 0 Å². The molecular weight excluding hydrogens is 707 g/mol. The monoisotopic (exact) mass is 742 g/mol. The Labute approximate surface area is 335 Å². The molecule has 0 saturated heterocycles. The molecule has 272 valence electrons. The second-order valence-corrected chi connectivity index (χ2v) is 16.3. The van der Waals surface area contributed by atoms with Gasteiger partial charge in [0.15, 0.2) is 0 Å². The third-order valence-corrected chi connectivity index (χ3v) is 12.8. The van der Waals surface area contributed by atoms with Gasteiger partial charge in [-0.05, 0) is 120 Å². The molecule has 4 heterocycles. The van der Waals surface area contributed by atoms with E-state index in [0.29, 0.717) is 0 Å². The number of fused-ring (bicyclic) bond motifs is 13. The molecule has 0 saturated carbocycles. The molecule has 0 atom stereocenters. The van der Waals surface area contributed by atoms with E-state index in [4.69, 9.17) is 8.83 Å². The number of hydrogen-bond donors (Lipinski definition) is 0. The van der Waals surface area contributed by atoms with Gasteiger partial charge in [0.2, 0.25) is 0 Å². The maximum Gasteiger partial charge on any atom is 0.252 e. The van der Waals surface area contributed by atoms with Gasteiger partial charge in [0.05, 0.1) is 28.4 Å². The number of para-hydroxylation sites is 3. The minimum absolute atomic E-state index is 0.0698. The summed E-state index contributed by atoms with van der Waals surface area (Å²) in [4.78, 5) is 4.92. The van der Waals surface area contributed by atoms with Gasteiger partial charge in [-0.25, -0.2) is 0 Å². The highest BCUT2D eigenvalue weighted by Gasteiger charge is 2.44. The van der Waals surface area contributed by atoms with E-state index in [1.54, 1.807) is 0 Å². The minimum atomic E-state index is -0.0698. The minimum Gasteiger partial charge on any atom is -0.456 e. The zero-order chi connectivity index (χ0) is 38.4. The summed E-state index contributed by atoms with van der Waals surface area (Å²) < 4.78 is 13.7. The number of hydrogen-bond acceptors (Lipinski definition) is 4. The lowest BCUT2D eigenvalue weighted by Gasteiger charge is -2.45. The largest absolute Gasteiger partial charge is 0.456 e. The van der Waals surface area contributed by atoms with Crippen LogP contribution in [0.4, 0.5) is 34.1 Å². The van der Waals surface area contributed by atoms with E-state index in [2.05, 4.69) is 188 Å². The van der Waals surface area contributed by atoms with Gasteiger partial charge in [0.25, 0.3) is 6.71 Å². The Morgan fingerprint density at radius 1 is 0.414 bits per heavy atom. The van der Waals surface area contributed by atoms with Crippen molar-refractivity contribution < 1.29 is 8.83 Å². The molecule has 11 aromatic rings. The molecule has 58 heavy (non-hydrogen) atoms. The first-order chi connectivity index (χ1) is 28.5. The number of nitrogens with zero attached hydrogens (tertiary/aromatic N) is 2. The van der Waals surface area contributed by atoms with Gasteiger partial charge in [-0.15, -0.1) is 0 Å². The fourth-order valence-electron chi connectivity index (χ4n) is 10.5. The van der Waals surface area contributed by atoms with E-state index in [9.17, 15) is 0 Å². The van der Waals surface area contributed by atoms with Crippen molar-refractivity contribution in [2.75, 3.05) is 9.80 Å². The van der Waals surface area contributed by atoms with E-state index < -0.39 is 0 Å². The van der Waals surface area contributed by atoms with E-state index >= 15 is 0 Å². The highest BCUT2D eigenvalue weighted by atomic mass is 16.3. The van der Waals surface area contributed by atoms with Gasteiger partial charge in [0, 0.05) is 33.3 Å². The van der Waals surface area contributed by atoms with Crippen molar-refractivity contribution in [3.05, 3.63) is 174 Å². The predicted octanol–water partition coefficient (Wildman–Crippen LogP) is 12.8. The lowest BCUT2D eigenvalue weighted by molar-refractivity contribution is 0.669. The topological polar surface area (TPSA) is 32.8 Å². The van der Waals surface area contributed by atoms with Crippen molar-refractivity contribution in [3.8, 4) is 0 Å². The number of benzene rings is 9. The van der Waals surface area contributed by atoms with Gasteiger partial charge in [-0.2, -0.15) is 0 Å². The Kier molecular flexibility index (Phi) is 6.29. The first-order valence-corrected chi connectivity index (χ1v) is 20.1. The Bertz CT molecular complexity index is 3570. The maximum atomic E-state index is 7.09. The Morgan fingerprint density at radius 2 is 0.983 bits per heavy atom. The molecule has 2 aliphatic rings. The van der Waals surface area contributed by atoms with Crippen LogP contribution in [0, 0.1) is 20.8 Å². The summed E-state index contributed by atoms with van der Waals surface area (Å²) in [5, 5.41) is 9.33. The molecule has 4 nitrogen and oxygen atoms in total. The molecular formula is C53H35BN2O2. The molecule has 5 heteroatoms. The SMILES string of the molecule is Cc1cc(C)c(B2c3cccc4c3N(c3ccccc3N4c3ccc4c(c3)oc3cc5ccccc5cc34)c3ccc4c(oc5cc6ccccc6cc54)c32)c(C)c1. The third-order valence-electron chi connectivity index (χ3n) is 12.8. The van der Waals surface area contributed by atoms with Crippen LogP contribution in [0.5, 0.6) is 0 Å². The number of rotatable bonds is 2. The molecule has 0 N–H and O–H groups in total. The van der Waals surface area contributed by atoms with Crippen molar-refractivity contribution >= 4 is 123 Å². The predicted molar refractivity (Wildman–Crippen MR) is 244 cm³/mol. The average molecular weight is 743 g/mol. The Hall–Kier alpha value is -7.24. The van der Waals surface area contributed by atoms with Crippen LogP contribution in [0.1, 0.15) is 16.7 Å². The van der Waals surface area contributed by atoms with Crippen LogP contribution in [-0.4, -0.2) is 6.71 Å². The van der Waals surface area contributed by atoms with Crippen molar-refractivity contribution in [1.82, 2.24) is 0 Å². The van der Waals surface area contributed by atoms with Crippen LogP contribution in [-0.2, 0) is 0 Å². The van der Waals surface area contributed by atoms with Gasteiger partial charge < -0.3 is 18.6 Å². The zero-order valence-electron chi connectivity index (χ0n) is 32.3. The molecule has 0 bridgehead atoms. The summed E-state index contributed by atoms with van der Waals surface area (Å²) >= 11 is 0. The molecule has 9 aromatic carbocycles. The standard InChI is InChI=1S/C53H35BN2O2/c1-30-23-31(2)50(32(3)24-30)54-42-15-10-18-46-52(42)56(45-22-21-39-41-26-34-12-5-7-14-36(34)28-48(41)58-53(39)51(45)54)44-17-9-8-16-43(44)55(46)37-19-20-38-40-25-33-11-4-6-13-35(33)27-47(40)57-49(38)29-37/h4-29H,1-3H3. The van der Waals surface area contributed by atoms with Crippen LogP contribution in [0.15, 0.2) is 167 Å². The molecule has 0 amide bonds.